The van der Waals surface area contributed by atoms with Crippen LogP contribution in [0.5, 0.6) is 0 Å². The molecule has 1 aromatic carbocycles. The number of hydrogen-bond acceptors (Lipinski definition) is 6. The van der Waals surface area contributed by atoms with E-state index in [-0.39, 0.29) is 11.7 Å². The first-order chi connectivity index (χ1) is 11.2. The van der Waals surface area contributed by atoms with Gasteiger partial charge in [0.2, 0.25) is 0 Å². The Bertz CT molecular complexity index is 677. The van der Waals surface area contributed by atoms with Gasteiger partial charge in [-0.25, -0.2) is 15.4 Å². The number of hydrazone groups is 1. The van der Waals surface area contributed by atoms with E-state index in [1.807, 2.05) is 43.3 Å². The van der Waals surface area contributed by atoms with Crippen LogP contribution < -0.4 is 5.43 Å². The normalized spacial score (nSPS) is 10.9. The third-order valence-corrected chi connectivity index (χ3v) is 4.28. The van der Waals surface area contributed by atoms with E-state index in [0.717, 1.165) is 22.0 Å². The Hall–Kier alpha value is -1.86. The van der Waals surface area contributed by atoms with Crippen LogP contribution >= 0.6 is 23.5 Å². The average molecular weight is 346 g/mol. The standard InChI is InChI=1S/C16H18N4OS2/c1-3-22-15-9-12(2)18-16(19-15)23-11-14(21)20-17-10-13-7-5-4-6-8-13/h4-10H,3,11H2,1-2H3,(H,20,21). The van der Waals surface area contributed by atoms with Crippen molar-refractivity contribution in [3.8, 4) is 0 Å². The van der Waals surface area contributed by atoms with Crippen LogP contribution in [-0.2, 0) is 4.79 Å². The third kappa shape index (κ3) is 6.42. The molecule has 0 radical (unpaired) electrons. The summed E-state index contributed by atoms with van der Waals surface area (Å²) in [6.45, 7) is 4.00. The summed E-state index contributed by atoms with van der Waals surface area (Å²) in [5.41, 5.74) is 4.34. The van der Waals surface area contributed by atoms with Crippen molar-refractivity contribution < 1.29 is 4.79 Å². The molecule has 2 aromatic rings. The highest BCUT2D eigenvalue weighted by atomic mass is 32.2. The van der Waals surface area contributed by atoms with E-state index in [0.29, 0.717) is 5.16 Å². The Morgan fingerprint density at radius 3 is 2.78 bits per heavy atom. The lowest BCUT2D eigenvalue weighted by Gasteiger charge is -2.04. The van der Waals surface area contributed by atoms with Crippen molar-refractivity contribution in [3.63, 3.8) is 0 Å². The Balaban J connectivity index is 1.83. The summed E-state index contributed by atoms with van der Waals surface area (Å²) in [7, 11) is 0. The van der Waals surface area contributed by atoms with Crippen LogP contribution in [-0.4, -0.2) is 33.6 Å². The quantitative estimate of drug-likeness (QED) is 0.274. The number of nitrogens with one attached hydrogen (secondary N) is 1. The van der Waals surface area contributed by atoms with Gasteiger partial charge in [0, 0.05) is 5.69 Å². The Labute approximate surface area is 144 Å². The van der Waals surface area contributed by atoms with E-state index in [1.54, 1.807) is 18.0 Å². The lowest BCUT2D eigenvalue weighted by Crippen LogP contribution is -2.19. The highest BCUT2D eigenvalue weighted by molar-refractivity contribution is 8.00. The number of hydrogen-bond donors (Lipinski definition) is 1. The molecule has 1 amide bonds. The summed E-state index contributed by atoms with van der Waals surface area (Å²) < 4.78 is 0. The first-order valence-corrected chi connectivity index (χ1v) is 9.12. The molecule has 0 unspecified atom stereocenters. The molecule has 0 aliphatic rings. The maximum Gasteiger partial charge on any atom is 0.250 e. The monoisotopic (exact) mass is 346 g/mol. The van der Waals surface area contributed by atoms with Crippen LogP contribution in [0.1, 0.15) is 18.2 Å². The zero-order chi connectivity index (χ0) is 16.5. The molecular formula is C16H18N4OS2. The fourth-order valence-electron chi connectivity index (χ4n) is 1.68. The SMILES string of the molecule is CCSc1cc(C)nc(SCC(=O)NN=Cc2ccccc2)n1. The van der Waals surface area contributed by atoms with Crippen LogP contribution in [0.25, 0.3) is 0 Å². The van der Waals surface area contributed by atoms with E-state index in [4.69, 9.17) is 0 Å². The third-order valence-electron chi connectivity index (χ3n) is 2.64. The van der Waals surface area contributed by atoms with Crippen molar-refractivity contribution in [2.45, 2.75) is 24.0 Å². The average Bonchev–Trinajstić information content (AvgIpc) is 2.54. The van der Waals surface area contributed by atoms with Gasteiger partial charge < -0.3 is 0 Å². The number of carbonyl (C=O) groups is 1. The van der Waals surface area contributed by atoms with Gasteiger partial charge in [-0.1, -0.05) is 49.0 Å². The number of aromatic nitrogens is 2. The predicted molar refractivity (Wildman–Crippen MR) is 96.1 cm³/mol. The van der Waals surface area contributed by atoms with Crippen molar-refractivity contribution in [2.24, 2.45) is 5.10 Å². The molecule has 2 rings (SSSR count). The number of amides is 1. The highest BCUT2D eigenvalue weighted by Crippen LogP contribution is 2.20. The number of rotatable bonds is 7. The lowest BCUT2D eigenvalue weighted by atomic mass is 10.2. The zero-order valence-electron chi connectivity index (χ0n) is 13.0. The smallest absolute Gasteiger partial charge is 0.250 e. The van der Waals surface area contributed by atoms with Gasteiger partial charge in [-0.05, 0) is 24.3 Å². The van der Waals surface area contributed by atoms with Gasteiger partial charge in [0.15, 0.2) is 5.16 Å². The molecule has 0 saturated carbocycles. The Morgan fingerprint density at radius 1 is 1.26 bits per heavy atom. The van der Waals surface area contributed by atoms with Crippen LogP contribution in [0.2, 0.25) is 0 Å². The molecule has 0 aliphatic heterocycles. The van der Waals surface area contributed by atoms with Crippen molar-refractivity contribution in [2.75, 3.05) is 11.5 Å². The van der Waals surface area contributed by atoms with Crippen LogP contribution in [0.15, 0.2) is 51.7 Å². The highest BCUT2D eigenvalue weighted by Gasteiger charge is 2.06. The van der Waals surface area contributed by atoms with Gasteiger partial charge in [0.25, 0.3) is 5.91 Å². The first kappa shape index (κ1) is 17.5. The maximum atomic E-state index is 11.8. The fraction of sp³-hybridized carbons (Fsp3) is 0.250. The van der Waals surface area contributed by atoms with Gasteiger partial charge in [-0.15, -0.1) is 11.8 Å². The second kappa shape index (κ2) is 9.32. The number of nitrogens with zero attached hydrogens (tertiary/aromatic N) is 3. The minimum atomic E-state index is -0.183. The minimum absolute atomic E-state index is 0.183. The topological polar surface area (TPSA) is 67.2 Å². The largest absolute Gasteiger partial charge is 0.272 e. The molecule has 1 N–H and O–H groups in total. The summed E-state index contributed by atoms with van der Waals surface area (Å²) in [6.07, 6.45) is 1.61. The maximum absolute atomic E-state index is 11.8. The van der Waals surface area contributed by atoms with Gasteiger partial charge >= 0.3 is 0 Å². The van der Waals surface area contributed by atoms with E-state index in [9.17, 15) is 4.79 Å². The van der Waals surface area contributed by atoms with Gasteiger partial charge in [-0.2, -0.15) is 5.10 Å². The zero-order valence-corrected chi connectivity index (χ0v) is 14.7. The number of thioether (sulfide) groups is 2. The van der Waals surface area contributed by atoms with Gasteiger partial charge in [0.1, 0.15) is 5.03 Å². The second-order valence-corrected chi connectivity index (χ2v) is 6.78. The molecule has 23 heavy (non-hydrogen) atoms. The number of aryl methyl sites for hydroxylation is 1. The van der Waals surface area contributed by atoms with Gasteiger partial charge in [0.05, 0.1) is 12.0 Å². The number of benzene rings is 1. The Kier molecular flexibility index (Phi) is 7.09. The molecule has 0 saturated heterocycles. The molecule has 1 aromatic heterocycles. The van der Waals surface area contributed by atoms with Crippen LogP contribution in [0, 0.1) is 6.92 Å². The van der Waals surface area contributed by atoms with Gasteiger partial charge in [-0.3, -0.25) is 4.79 Å². The minimum Gasteiger partial charge on any atom is -0.272 e. The van der Waals surface area contributed by atoms with E-state index >= 15 is 0 Å². The Morgan fingerprint density at radius 2 is 2.04 bits per heavy atom. The summed E-state index contributed by atoms with van der Waals surface area (Å²) in [6, 6.07) is 11.5. The molecule has 120 valence electrons. The van der Waals surface area contributed by atoms with Crippen molar-refractivity contribution in [1.29, 1.82) is 0 Å². The molecule has 0 fully saturated rings. The summed E-state index contributed by atoms with van der Waals surface area (Å²) >= 11 is 2.97. The molecule has 0 aliphatic carbocycles. The van der Waals surface area contributed by atoms with E-state index in [2.05, 4.69) is 27.4 Å². The van der Waals surface area contributed by atoms with Crippen molar-refractivity contribution >= 4 is 35.6 Å². The first-order valence-electron chi connectivity index (χ1n) is 7.15. The summed E-state index contributed by atoms with van der Waals surface area (Å²) in [5, 5.41) is 5.48. The number of carbonyl (C=O) groups excluding carboxylic acids is 1. The molecule has 1 heterocycles. The molecule has 0 bridgehead atoms. The second-order valence-electron chi connectivity index (χ2n) is 4.56. The summed E-state index contributed by atoms with van der Waals surface area (Å²) in [4.78, 5) is 20.6. The summed E-state index contributed by atoms with van der Waals surface area (Å²) in [5.74, 6) is 0.998. The fourth-order valence-corrected chi connectivity index (χ4v) is 3.13. The molecular weight excluding hydrogens is 328 g/mol. The van der Waals surface area contributed by atoms with Crippen LogP contribution in [0.3, 0.4) is 0 Å². The van der Waals surface area contributed by atoms with E-state index in [1.165, 1.54) is 11.8 Å². The van der Waals surface area contributed by atoms with Crippen LogP contribution in [0.4, 0.5) is 0 Å². The van der Waals surface area contributed by atoms with E-state index < -0.39 is 0 Å². The van der Waals surface area contributed by atoms with Crippen molar-refractivity contribution in [1.82, 2.24) is 15.4 Å². The lowest BCUT2D eigenvalue weighted by molar-refractivity contribution is -0.118. The molecule has 5 nitrogen and oxygen atoms in total. The molecule has 0 spiro atoms. The molecule has 0 atom stereocenters. The molecule has 7 heteroatoms. The predicted octanol–water partition coefficient (Wildman–Crippen LogP) is 3.14. The van der Waals surface area contributed by atoms with Crippen molar-refractivity contribution in [3.05, 3.63) is 47.7 Å².